The first kappa shape index (κ1) is 26.1. The van der Waals surface area contributed by atoms with Gasteiger partial charge in [0.1, 0.15) is 11.6 Å². The zero-order chi connectivity index (χ0) is 24.8. The number of aliphatic hydroxyl groups is 1. The fourth-order valence-corrected chi connectivity index (χ4v) is 3.38. The van der Waals surface area contributed by atoms with Crippen molar-refractivity contribution in [2.75, 3.05) is 13.1 Å². The summed E-state index contributed by atoms with van der Waals surface area (Å²) in [6, 6.07) is 11.5. The van der Waals surface area contributed by atoms with Crippen molar-refractivity contribution in [1.29, 1.82) is 0 Å². The molecular weight excluding hydrogens is 424 g/mol. The molecule has 0 unspecified atom stereocenters. The number of carbonyl (C=O) groups is 3. The molecule has 0 aliphatic carbocycles. The molecule has 180 valence electrons. The van der Waals surface area contributed by atoms with Crippen LogP contribution in [0.2, 0.25) is 0 Å². The van der Waals surface area contributed by atoms with Crippen LogP contribution in [0.4, 0.5) is 4.79 Å². The topological polar surface area (TPSA) is 116 Å². The number of aliphatic hydroxyl groups excluding tert-OH is 1. The van der Waals surface area contributed by atoms with Gasteiger partial charge in [-0.1, -0.05) is 56.3 Å². The van der Waals surface area contributed by atoms with Crippen molar-refractivity contribution in [1.82, 2.24) is 10.2 Å². The van der Waals surface area contributed by atoms with Gasteiger partial charge in [0, 0.05) is 13.0 Å². The van der Waals surface area contributed by atoms with E-state index in [4.69, 9.17) is 4.74 Å². The third-order valence-electron chi connectivity index (χ3n) is 4.79. The number of amides is 2. The maximum absolute atomic E-state index is 12.9. The molecule has 0 fully saturated rings. The number of carboxylic acid groups (broad SMARTS) is 1. The summed E-state index contributed by atoms with van der Waals surface area (Å²) < 4.78 is 5.18. The fourth-order valence-electron chi connectivity index (χ4n) is 3.38. The molecule has 0 radical (unpaired) electrons. The van der Waals surface area contributed by atoms with Crippen molar-refractivity contribution >= 4 is 28.7 Å². The second-order valence-electron chi connectivity index (χ2n) is 9.57. The van der Waals surface area contributed by atoms with Gasteiger partial charge in [0.2, 0.25) is 0 Å². The Morgan fingerprint density at radius 3 is 2.24 bits per heavy atom. The van der Waals surface area contributed by atoms with Crippen molar-refractivity contribution < 1.29 is 29.3 Å². The molecule has 0 aliphatic rings. The zero-order valence-corrected chi connectivity index (χ0v) is 19.9. The van der Waals surface area contributed by atoms with Gasteiger partial charge in [0.15, 0.2) is 6.10 Å². The largest absolute Gasteiger partial charge is 0.480 e. The molecule has 8 nitrogen and oxygen atoms in total. The highest BCUT2D eigenvalue weighted by Gasteiger charge is 2.29. The van der Waals surface area contributed by atoms with Crippen LogP contribution in [0.5, 0.6) is 0 Å². The smallest absolute Gasteiger partial charge is 0.337 e. The summed E-state index contributed by atoms with van der Waals surface area (Å²) in [4.78, 5) is 38.2. The van der Waals surface area contributed by atoms with E-state index in [0.717, 1.165) is 16.3 Å². The lowest BCUT2D eigenvalue weighted by molar-refractivity contribution is -0.165. The molecule has 8 heteroatoms. The van der Waals surface area contributed by atoms with Crippen molar-refractivity contribution in [3.8, 4) is 0 Å². The summed E-state index contributed by atoms with van der Waals surface area (Å²) in [6.07, 6.45) is -1.45. The van der Waals surface area contributed by atoms with E-state index >= 15 is 0 Å². The van der Waals surface area contributed by atoms with E-state index < -0.39 is 35.7 Å². The highest BCUT2D eigenvalue weighted by atomic mass is 16.6. The van der Waals surface area contributed by atoms with Gasteiger partial charge in [0.25, 0.3) is 0 Å². The Morgan fingerprint density at radius 2 is 1.67 bits per heavy atom. The second kappa shape index (κ2) is 11.1. The maximum Gasteiger partial charge on any atom is 0.337 e. The first-order valence-electron chi connectivity index (χ1n) is 11.0. The number of hydrogen-bond donors (Lipinski definition) is 3. The van der Waals surface area contributed by atoms with Crippen molar-refractivity contribution in [2.45, 2.75) is 58.8 Å². The number of urea groups is 1. The minimum atomic E-state index is -1.54. The minimum absolute atomic E-state index is 0.0327. The normalized spacial score (nSPS) is 13.4. The van der Waals surface area contributed by atoms with Crippen LogP contribution in [0.1, 0.15) is 40.2 Å². The summed E-state index contributed by atoms with van der Waals surface area (Å²) in [5.41, 5.74) is -0.0112. The van der Waals surface area contributed by atoms with Crippen LogP contribution in [-0.4, -0.2) is 63.9 Å². The van der Waals surface area contributed by atoms with Gasteiger partial charge in [-0.05, 0) is 43.0 Å². The molecule has 33 heavy (non-hydrogen) atoms. The predicted molar refractivity (Wildman–Crippen MR) is 126 cm³/mol. The summed E-state index contributed by atoms with van der Waals surface area (Å²) in [5.74, 6) is -1.98. The molecule has 2 rings (SSSR count). The number of fused-ring (bicyclic) bond motifs is 1. The minimum Gasteiger partial charge on any atom is -0.480 e. The summed E-state index contributed by atoms with van der Waals surface area (Å²) in [7, 11) is 0. The maximum atomic E-state index is 12.9. The molecule has 3 N–H and O–H groups in total. The Hall–Kier alpha value is -3.13. The molecule has 0 aromatic heterocycles. The van der Waals surface area contributed by atoms with Gasteiger partial charge < -0.3 is 25.2 Å². The molecular formula is C25H34N2O6. The summed E-state index contributed by atoms with van der Waals surface area (Å²) >= 11 is 0. The Bertz CT molecular complexity index is 982. The van der Waals surface area contributed by atoms with Crippen LogP contribution in [-0.2, 0) is 20.7 Å². The molecule has 2 amide bonds. The average molecular weight is 459 g/mol. The first-order valence-corrected chi connectivity index (χ1v) is 11.0. The van der Waals surface area contributed by atoms with Crippen LogP contribution >= 0.6 is 0 Å². The van der Waals surface area contributed by atoms with E-state index in [1.165, 1.54) is 4.90 Å². The molecule has 0 saturated heterocycles. The quantitative estimate of drug-likeness (QED) is 0.497. The third-order valence-corrected chi connectivity index (χ3v) is 4.79. The molecule has 0 heterocycles. The molecule has 0 spiro atoms. The molecule has 0 saturated carbocycles. The molecule has 0 aliphatic heterocycles. The third kappa shape index (κ3) is 8.38. The van der Waals surface area contributed by atoms with E-state index in [2.05, 4.69) is 5.32 Å². The van der Waals surface area contributed by atoms with Crippen LogP contribution < -0.4 is 5.32 Å². The lowest BCUT2D eigenvalue weighted by Crippen LogP contribution is -2.52. The number of aliphatic carboxylic acids is 1. The Kier molecular flexibility index (Phi) is 8.82. The number of rotatable bonds is 9. The highest BCUT2D eigenvalue weighted by molar-refractivity contribution is 5.85. The van der Waals surface area contributed by atoms with Crippen LogP contribution in [0.15, 0.2) is 42.5 Å². The van der Waals surface area contributed by atoms with Gasteiger partial charge in [-0.3, -0.25) is 0 Å². The van der Waals surface area contributed by atoms with Crippen molar-refractivity contribution in [3.63, 3.8) is 0 Å². The van der Waals surface area contributed by atoms with Gasteiger partial charge in [-0.2, -0.15) is 0 Å². The van der Waals surface area contributed by atoms with Crippen LogP contribution in [0.3, 0.4) is 0 Å². The highest BCUT2D eigenvalue weighted by Crippen LogP contribution is 2.17. The Morgan fingerprint density at radius 1 is 1.03 bits per heavy atom. The van der Waals surface area contributed by atoms with Crippen LogP contribution in [0.25, 0.3) is 10.8 Å². The zero-order valence-electron chi connectivity index (χ0n) is 19.9. The Balaban J connectivity index is 2.12. The van der Waals surface area contributed by atoms with Crippen LogP contribution in [0, 0.1) is 5.92 Å². The van der Waals surface area contributed by atoms with E-state index in [1.807, 2.05) is 56.3 Å². The number of carboxylic acids is 1. The standard InChI is InChI=1S/C25H34N2O6/c1-16(2)14-27(15-21(28)23(31)33-25(3,4)5)24(32)26-20(22(29)30)13-17-10-11-18-8-6-7-9-19(18)12-17/h6-12,16,20-21,28H,13-15H2,1-5H3,(H,26,32)(H,29,30)/t20-,21-/m0/s1. The number of hydrogen-bond acceptors (Lipinski definition) is 5. The summed E-state index contributed by atoms with van der Waals surface area (Å²) in [6.45, 7) is 8.73. The lowest BCUT2D eigenvalue weighted by atomic mass is 10.0. The van der Waals surface area contributed by atoms with Crippen molar-refractivity contribution in [3.05, 3.63) is 48.0 Å². The average Bonchev–Trinajstić information content (AvgIpc) is 2.70. The van der Waals surface area contributed by atoms with E-state index in [-0.39, 0.29) is 25.4 Å². The monoisotopic (exact) mass is 458 g/mol. The number of carbonyl (C=O) groups excluding carboxylic acids is 2. The first-order chi connectivity index (χ1) is 15.4. The number of benzene rings is 2. The van der Waals surface area contributed by atoms with Gasteiger partial charge in [-0.15, -0.1) is 0 Å². The number of nitrogens with zero attached hydrogens (tertiary/aromatic N) is 1. The molecule has 2 atom stereocenters. The molecule has 2 aromatic carbocycles. The fraction of sp³-hybridized carbons (Fsp3) is 0.480. The van der Waals surface area contributed by atoms with Gasteiger partial charge in [-0.25, -0.2) is 14.4 Å². The van der Waals surface area contributed by atoms with E-state index in [9.17, 15) is 24.6 Å². The predicted octanol–water partition coefficient (Wildman–Crippen LogP) is 3.21. The van der Waals surface area contributed by atoms with E-state index in [1.54, 1.807) is 20.8 Å². The summed E-state index contributed by atoms with van der Waals surface area (Å²) in [5, 5.41) is 24.5. The van der Waals surface area contributed by atoms with Crippen molar-refractivity contribution in [2.24, 2.45) is 5.92 Å². The van der Waals surface area contributed by atoms with Gasteiger partial charge >= 0.3 is 18.0 Å². The number of ether oxygens (including phenoxy) is 1. The molecule has 0 bridgehead atoms. The molecule has 2 aromatic rings. The van der Waals surface area contributed by atoms with E-state index in [0.29, 0.717) is 0 Å². The SMILES string of the molecule is CC(C)CN(C[C@H](O)C(=O)OC(C)(C)C)C(=O)N[C@@H](Cc1ccc2ccccc2c1)C(=O)O. The van der Waals surface area contributed by atoms with Gasteiger partial charge in [0.05, 0.1) is 6.54 Å². The Labute approximate surface area is 194 Å². The second-order valence-corrected chi connectivity index (χ2v) is 9.57. The lowest BCUT2D eigenvalue weighted by Gasteiger charge is -2.29. The number of nitrogens with one attached hydrogen (secondary N) is 1. The number of esters is 1.